The molecule has 1 aromatic rings. The monoisotopic (exact) mass is 315 g/mol. The second-order valence-corrected chi connectivity index (χ2v) is 5.83. The number of aliphatic hydroxyl groups excluding tert-OH is 1. The SMILES string of the molecule is CC(C)CC(N)C(O)c1cc(Br)c2c(c1)OCO2. The Labute approximate surface area is 115 Å². The van der Waals surface area contributed by atoms with E-state index in [1.54, 1.807) is 6.07 Å². The van der Waals surface area contributed by atoms with E-state index in [1.807, 2.05) is 6.07 Å². The Balaban J connectivity index is 2.21. The van der Waals surface area contributed by atoms with Crippen molar-refractivity contribution in [2.75, 3.05) is 6.79 Å². The Morgan fingerprint density at radius 3 is 2.78 bits per heavy atom. The number of benzene rings is 1. The second-order valence-electron chi connectivity index (χ2n) is 4.97. The van der Waals surface area contributed by atoms with E-state index in [0.29, 0.717) is 17.4 Å². The Bertz CT molecular complexity index is 436. The van der Waals surface area contributed by atoms with E-state index in [1.165, 1.54) is 0 Å². The van der Waals surface area contributed by atoms with Gasteiger partial charge in [-0.1, -0.05) is 13.8 Å². The van der Waals surface area contributed by atoms with Crippen molar-refractivity contribution < 1.29 is 14.6 Å². The summed E-state index contributed by atoms with van der Waals surface area (Å²) in [7, 11) is 0. The lowest BCUT2D eigenvalue weighted by molar-refractivity contribution is 0.135. The maximum atomic E-state index is 10.3. The average molecular weight is 316 g/mol. The van der Waals surface area contributed by atoms with Gasteiger partial charge in [-0.2, -0.15) is 0 Å². The number of hydrogen-bond acceptors (Lipinski definition) is 4. The molecule has 0 aliphatic carbocycles. The van der Waals surface area contributed by atoms with Crippen LogP contribution in [0.2, 0.25) is 0 Å². The van der Waals surface area contributed by atoms with Crippen LogP contribution in [0, 0.1) is 5.92 Å². The second kappa shape index (κ2) is 5.47. The van der Waals surface area contributed by atoms with Crippen LogP contribution in [0.15, 0.2) is 16.6 Å². The van der Waals surface area contributed by atoms with Crippen molar-refractivity contribution in [1.82, 2.24) is 0 Å². The van der Waals surface area contributed by atoms with E-state index in [-0.39, 0.29) is 12.8 Å². The van der Waals surface area contributed by atoms with E-state index >= 15 is 0 Å². The van der Waals surface area contributed by atoms with Gasteiger partial charge in [-0.25, -0.2) is 0 Å². The molecule has 18 heavy (non-hydrogen) atoms. The third-order valence-electron chi connectivity index (χ3n) is 2.94. The largest absolute Gasteiger partial charge is 0.454 e. The predicted molar refractivity (Wildman–Crippen MR) is 72.7 cm³/mol. The van der Waals surface area contributed by atoms with Gasteiger partial charge in [0, 0.05) is 6.04 Å². The van der Waals surface area contributed by atoms with Crippen LogP contribution in [-0.4, -0.2) is 17.9 Å². The molecule has 0 saturated carbocycles. The van der Waals surface area contributed by atoms with Crippen molar-refractivity contribution in [3.05, 3.63) is 22.2 Å². The molecule has 1 aliphatic heterocycles. The highest BCUT2D eigenvalue weighted by Gasteiger charge is 2.23. The van der Waals surface area contributed by atoms with Crippen LogP contribution in [0.4, 0.5) is 0 Å². The zero-order valence-corrected chi connectivity index (χ0v) is 12.1. The standard InChI is InChI=1S/C13H18BrNO3/c1-7(2)3-10(15)12(16)8-4-9(14)13-11(5-8)17-6-18-13/h4-5,7,10,12,16H,3,6,15H2,1-2H3. The van der Waals surface area contributed by atoms with Gasteiger partial charge in [0.15, 0.2) is 11.5 Å². The van der Waals surface area contributed by atoms with Crippen molar-refractivity contribution in [2.45, 2.75) is 32.4 Å². The van der Waals surface area contributed by atoms with Crippen molar-refractivity contribution in [3.63, 3.8) is 0 Å². The van der Waals surface area contributed by atoms with Gasteiger partial charge in [0.25, 0.3) is 0 Å². The molecule has 5 heteroatoms. The minimum atomic E-state index is -0.696. The Kier molecular flexibility index (Phi) is 4.14. The van der Waals surface area contributed by atoms with Crippen LogP contribution in [-0.2, 0) is 0 Å². The van der Waals surface area contributed by atoms with Gasteiger partial charge in [-0.05, 0) is 46.0 Å². The zero-order valence-electron chi connectivity index (χ0n) is 10.5. The third-order valence-corrected chi connectivity index (χ3v) is 3.53. The number of rotatable bonds is 4. The van der Waals surface area contributed by atoms with Gasteiger partial charge in [0.05, 0.1) is 10.6 Å². The highest BCUT2D eigenvalue weighted by molar-refractivity contribution is 9.10. The molecule has 3 N–H and O–H groups in total. The molecule has 0 aromatic heterocycles. The molecule has 1 heterocycles. The summed E-state index contributed by atoms with van der Waals surface area (Å²) < 4.78 is 11.4. The molecule has 0 fully saturated rings. The Morgan fingerprint density at radius 2 is 2.11 bits per heavy atom. The summed E-state index contributed by atoms with van der Waals surface area (Å²) in [5, 5.41) is 10.3. The van der Waals surface area contributed by atoms with Crippen LogP contribution < -0.4 is 15.2 Å². The number of fused-ring (bicyclic) bond motifs is 1. The molecule has 0 bridgehead atoms. The lowest BCUT2D eigenvalue weighted by Crippen LogP contribution is -2.29. The lowest BCUT2D eigenvalue weighted by atomic mass is 9.95. The maximum absolute atomic E-state index is 10.3. The summed E-state index contributed by atoms with van der Waals surface area (Å²) in [6, 6.07) is 3.34. The molecule has 2 unspecified atom stereocenters. The molecule has 100 valence electrons. The van der Waals surface area contributed by atoms with Crippen molar-refractivity contribution in [2.24, 2.45) is 11.7 Å². The molecule has 0 radical (unpaired) electrons. The average Bonchev–Trinajstić information content (AvgIpc) is 2.75. The molecule has 1 aliphatic rings. The maximum Gasteiger partial charge on any atom is 0.231 e. The van der Waals surface area contributed by atoms with Gasteiger partial charge in [-0.3, -0.25) is 0 Å². The summed E-state index contributed by atoms with van der Waals surface area (Å²) in [5.74, 6) is 1.78. The fourth-order valence-electron chi connectivity index (χ4n) is 2.08. The predicted octanol–water partition coefficient (Wildman–Crippen LogP) is 2.58. The van der Waals surface area contributed by atoms with Crippen LogP contribution in [0.5, 0.6) is 11.5 Å². The van der Waals surface area contributed by atoms with E-state index in [4.69, 9.17) is 15.2 Å². The first kappa shape index (κ1) is 13.6. The minimum absolute atomic E-state index is 0.214. The minimum Gasteiger partial charge on any atom is -0.454 e. The van der Waals surface area contributed by atoms with E-state index < -0.39 is 6.10 Å². The molecule has 0 spiro atoms. The Hall–Kier alpha value is -0.780. The van der Waals surface area contributed by atoms with Crippen LogP contribution >= 0.6 is 15.9 Å². The summed E-state index contributed by atoms with van der Waals surface area (Å²) >= 11 is 3.41. The van der Waals surface area contributed by atoms with Crippen LogP contribution in [0.1, 0.15) is 31.9 Å². The zero-order chi connectivity index (χ0) is 13.3. The first-order chi connectivity index (χ1) is 8.49. The van der Waals surface area contributed by atoms with E-state index in [2.05, 4.69) is 29.8 Å². The molecule has 0 amide bonds. The summed E-state index contributed by atoms with van der Waals surface area (Å²) in [4.78, 5) is 0. The quantitative estimate of drug-likeness (QED) is 0.896. The van der Waals surface area contributed by atoms with Crippen molar-refractivity contribution in [1.29, 1.82) is 0 Å². The summed E-state index contributed by atoms with van der Waals surface area (Å²) in [6.07, 6.45) is 0.0749. The smallest absolute Gasteiger partial charge is 0.231 e. The molecule has 4 nitrogen and oxygen atoms in total. The molecular formula is C13H18BrNO3. The molecule has 1 aromatic carbocycles. The van der Waals surface area contributed by atoms with Gasteiger partial charge >= 0.3 is 0 Å². The topological polar surface area (TPSA) is 64.7 Å². The molecule has 2 atom stereocenters. The highest BCUT2D eigenvalue weighted by Crippen LogP contribution is 2.41. The number of nitrogens with two attached hydrogens (primary N) is 1. The molecule has 0 saturated heterocycles. The van der Waals surface area contributed by atoms with E-state index in [9.17, 15) is 5.11 Å². The number of aliphatic hydroxyl groups is 1. The third kappa shape index (κ3) is 2.79. The fraction of sp³-hybridized carbons (Fsp3) is 0.538. The molecule has 2 rings (SSSR count). The normalized spacial score (nSPS) is 17.0. The Morgan fingerprint density at radius 1 is 1.39 bits per heavy atom. The number of ether oxygens (including phenoxy) is 2. The van der Waals surface area contributed by atoms with Gasteiger partial charge in [0.2, 0.25) is 6.79 Å². The number of hydrogen-bond donors (Lipinski definition) is 2. The van der Waals surface area contributed by atoms with Gasteiger partial charge in [-0.15, -0.1) is 0 Å². The molecular weight excluding hydrogens is 298 g/mol. The van der Waals surface area contributed by atoms with Crippen molar-refractivity contribution >= 4 is 15.9 Å². The van der Waals surface area contributed by atoms with Gasteiger partial charge in [0.1, 0.15) is 0 Å². The first-order valence-electron chi connectivity index (χ1n) is 6.01. The van der Waals surface area contributed by atoms with Gasteiger partial charge < -0.3 is 20.3 Å². The highest BCUT2D eigenvalue weighted by atomic mass is 79.9. The van der Waals surface area contributed by atoms with E-state index in [0.717, 1.165) is 16.5 Å². The fourth-order valence-corrected chi connectivity index (χ4v) is 2.65. The summed E-state index contributed by atoms with van der Waals surface area (Å²) in [5.41, 5.74) is 6.76. The van der Waals surface area contributed by atoms with Crippen LogP contribution in [0.3, 0.4) is 0 Å². The van der Waals surface area contributed by atoms with Crippen LogP contribution in [0.25, 0.3) is 0 Å². The van der Waals surface area contributed by atoms with Crippen molar-refractivity contribution in [3.8, 4) is 11.5 Å². The lowest BCUT2D eigenvalue weighted by Gasteiger charge is -2.21. The first-order valence-corrected chi connectivity index (χ1v) is 6.81. The number of halogens is 1. The summed E-state index contributed by atoms with van der Waals surface area (Å²) in [6.45, 7) is 4.38.